The first kappa shape index (κ1) is 17.5. The Bertz CT molecular complexity index is 1240. The Hall–Kier alpha value is -3.38. The predicted molar refractivity (Wildman–Crippen MR) is 111 cm³/mol. The van der Waals surface area contributed by atoms with Crippen molar-refractivity contribution in [2.45, 2.75) is 18.2 Å². The maximum Gasteiger partial charge on any atom is 0.306 e. The van der Waals surface area contributed by atoms with Crippen molar-refractivity contribution in [1.29, 1.82) is 0 Å². The largest absolute Gasteiger partial charge is 0.453 e. The van der Waals surface area contributed by atoms with Crippen LogP contribution in [-0.2, 0) is 10.5 Å². The average molecular weight is 420 g/mol. The fourth-order valence-electron chi connectivity index (χ4n) is 4.48. The van der Waals surface area contributed by atoms with E-state index in [1.165, 1.54) is 12.1 Å². The summed E-state index contributed by atoms with van der Waals surface area (Å²) in [6.45, 7) is 0. The molecule has 7 heteroatoms. The molecule has 0 fully saturated rings. The molecule has 2 atom stereocenters. The van der Waals surface area contributed by atoms with E-state index >= 15 is 0 Å². The lowest BCUT2D eigenvalue weighted by atomic mass is 9.92. The number of carbonyl (C=O) groups excluding carboxylic acids is 1. The fourth-order valence-corrected chi connectivity index (χ4v) is 4.65. The number of anilines is 1. The van der Waals surface area contributed by atoms with E-state index in [1.54, 1.807) is 35.3 Å². The van der Waals surface area contributed by atoms with E-state index in [2.05, 4.69) is 5.32 Å². The molecule has 0 radical (unpaired) electrons. The molecule has 1 spiro atoms. The molecule has 148 valence electrons. The highest BCUT2D eigenvalue weighted by Crippen LogP contribution is 2.54. The molecule has 6 rings (SSSR count). The smallest absolute Gasteiger partial charge is 0.306 e. The van der Waals surface area contributed by atoms with Crippen molar-refractivity contribution in [3.05, 3.63) is 94.3 Å². The van der Waals surface area contributed by atoms with Crippen molar-refractivity contribution in [2.75, 3.05) is 5.32 Å². The molecule has 1 N–H and O–H groups in total. The monoisotopic (exact) mass is 419 g/mol. The molecule has 1 amide bonds. The number of carbonyl (C=O) groups is 1. The molecule has 30 heavy (non-hydrogen) atoms. The molecule has 0 bridgehead atoms. The van der Waals surface area contributed by atoms with E-state index in [0.29, 0.717) is 28.4 Å². The van der Waals surface area contributed by atoms with Gasteiger partial charge in [-0.3, -0.25) is 4.79 Å². The number of fused-ring (bicyclic) bond motifs is 6. The van der Waals surface area contributed by atoms with E-state index in [-0.39, 0.29) is 17.8 Å². The van der Waals surface area contributed by atoms with Crippen molar-refractivity contribution >= 4 is 28.9 Å². The third-order valence-corrected chi connectivity index (χ3v) is 6.08. The number of hydrogen-bond acceptors (Lipinski definition) is 4. The molecule has 2 unspecified atom stereocenters. The summed E-state index contributed by atoms with van der Waals surface area (Å²) in [7, 11) is 0. The van der Waals surface area contributed by atoms with Gasteiger partial charge in [-0.2, -0.15) is 5.10 Å². The van der Waals surface area contributed by atoms with Crippen LogP contribution >= 0.6 is 11.6 Å². The van der Waals surface area contributed by atoms with Gasteiger partial charge in [-0.05, 0) is 42.0 Å². The lowest BCUT2D eigenvalue weighted by molar-refractivity contribution is -0.161. The number of nitrogens with zero attached hydrogens (tertiary/aromatic N) is 2. The van der Waals surface area contributed by atoms with Crippen LogP contribution in [0, 0.1) is 5.82 Å². The number of hydrazone groups is 1. The quantitative estimate of drug-likeness (QED) is 0.614. The number of benzene rings is 3. The molecule has 0 saturated heterocycles. The van der Waals surface area contributed by atoms with E-state index in [4.69, 9.17) is 21.4 Å². The van der Waals surface area contributed by atoms with E-state index < -0.39 is 5.72 Å². The number of para-hydroxylation sites is 1. The number of ether oxygens (including phenoxy) is 1. The SMILES string of the molecule is O=C1Nc2ccc(Cl)cc2C12Oc1ccccc1C1CC(c3ccc(F)cc3)=NN12. The second-order valence-electron chi connectivity index (χ2n) is 7.55. The Morgan fingerprint density at radius 3 is 2.77 bits per heavy atom. The summed E-state index contributed by atoms with van der Waals surface area (Å²) in [4.78, 5) is 13.3. The number of hydrogen-bond donors (Lipinski definition) is 1. The average Bonchev–Trinajstić information content (AvgIpc) is 3.30. The Kier molecular flexibility index (Phi) is 3.53. The van der Waals surface area contributed by atoms with E-state index in [1.807, 2.05) is 24.3 Å². The van der Waals surface area contributed by atoms with Crippen LogP contribution in [0.3, 0.4) is 0 Å². The highest BCUT2D eigenvalue weighted by atomic mass is 35.5. The summed E-state index contributed by atoms with van der Waals surface area (Å²) in [6.07, 6.45) is 0.566. The zero-order valence-electron chi connectivity index (χ0n) is 15.6. The molecule has 3 heterocycles. The first-order chi connectivity index (χ1) is 14.6. The molecule has 3 aliphatic heterocycles. The highest BCUT2D eigenvalue weighted by Gasteiger charge is 2.60. The Labute approximate surface area is 176 Å². The van der Waals surface area contributed by atoms with Gasteiger partial charge in [-0.15, -0.1) is 0 Å². The van der Waals surface area contributed by atoms with Gasteiger partial charge in [0.05, 0.1) is 23.0 Å². The van der Waals surface area contributed by atoms with Gasteiger partial charge in [0.15, 0.2) is 0 Å². The second-order valence-corrected chi connectivity index (χ2v) is 7.98. The van der Waals surface area contributed by atoms with Crippen LogP contribution in [0.2, 0.25) is 5.02 Å². The molecule has 0 aromatic heterocycles. The van der Waals surface area contributed by atoms with E-state index in [0.717, 1.165) is 16.8 Å². The lowest BCUT2D eigenvalue weighted by Crippen LogP contribution is -2.55. The summed E-state index contributed by atoms with van der Waals surface area (Å²) in [5, 5.41) is 9.96. The van der Waals surface area contributed by atoms with Crippen molar-refractivity contribution in [1.82, 2.24) is 5.01 Å². The molecular weight excluding hydrogens is 405 g/mol. The summed E-state index contributed by atoms with van der Waals surface area (Å²) in [5.41, 5.74) is 2.34. The number of nitrogens with one attached hydrogen (secondary N) is 1. The van der Waals surface area contributed by atoms with Crippen LogP contribution in [-0.4, -0.2) is 16.6 Å². The molecule has 3 aromatic carbocycles. The molecule has 3 aliphatic rings. The third kappa shape index (κ3) is 2.28. The van der Waals surface area contributed by atoms with Crippen molar-refractivity contribution < 1.29 is 13.9 Å². The van der Waals surface area contributed by atoms with Gasteiger partial charge < -0.3 is 10.1 Å². The van der Waals surface area contributed by atoms with Gasteiger partial charge in [0.2, 0.25) is 0 Å². The van der Waals surface area contributed by atoms with Crippen molar-refractivity contribution in [3.63, 3.8) is 0 Å². The van der Waals surface area contributed by atoms with Crippen molar-refractivity contribution in [3.8, 4) is 5.75 Å². The Balaban J connectivity index is 1.57. The van der Waals surface area contributed by atoms with Crippen LogP contribution in [0.4, 0.5) is 10.1 Å². The van der Waals surface area contributed by atoms with Crippen LogP contribution in [0.25, 0.3) is 0 Å². The summed E-state index contributed by atoms with van der Waals surface area (Å²) < 4.78 is 19.8. The predicted octanol–water partition coefficient (Wildman–Crippen LogP) is 4.83. The van der Waals surface area contributed by atoms with Crippen LogP contribution < -0.4 is 10.1 Å². The lowest BCUT2D eigenvalue weighted by Gasteiger charge is -2.44. The zero-order chi connectivity index (χ0) is 20.5. The molecule has 0 aliphatic carbocycles. The van der Waals surface area contributed by atoms with Crippen LogP contribution in [0.5, 0.6) is 5.75 Å². The minimum atomic E-state index is -1.46. The summed E-state index contributed by atoms with van der Waals surface area (Å²) in [6, 6.07) is 18.9. The number of halogens is 2. The maximum absolute atomic E-state index is 13.4. The van der Waals surface area contributed by atoms with Crippen molar-refractivity contribution in [2.24, 2.45) is 5.10 Å². The Morgan fingerprint density at radius 1 is 1.13 bits per heavy atom. The second kappa shape index (κ2) is 6.06. The molecular formula is C23H15ClFN3O2. The molecule has 5 nitrogen and oxygen atoms in total. The minimum Gasteiger partial charge on any atom is -0.453 e. The first-order valence-corrected chi connectivity index (χ1v) is 9.96. The minimum absolute atomic E-state index is 0.203. The third-order valence-electron chi connectivity index (χ3n) is 5.85. The highest BCUT2D eigenvalue weighted by molar-refractivity contribution is 6.31. The van der Waals surface area contributed by atoms with E-state index in [9.17, 15) is 9.18 Å². The topological polar surface area (TPSA) is 53.9 Å². The number of amides is 1. The Morgan fingerprint density at radius 2 is 1.93 bits per heavy atom. The molecule has 0 saturated carbocycles. The normalized spacial score (nSPS) is 23.4. The van der Waals surface area contributed by atoms with Gasteiger partial charge in [-0.1, -0.05) is 41.9 Å². The van der Waals surface area contributed by atoms with Crippen LogP contribution in [0.15, 0.2) is 71.8 Å². The fraction of sp³-hybridized carbons (Fsp3) is 0.130. The van der Waals surface area contributed by atoms with Gasteiger partial charge in [-0.25, -0.2) is 9.40 Å². The summed E-state index contributed by atoms with van der Waals surface area (Å²) in [5.74, 6) is 0.0135. The van der Waals surface area contributed by atoms with Gasteiger partial charge in [0.1, 0.15) is 11.6 Å². The van der Waals surface area contributed by atoms with Gasteiger partial charge in [0.25, 0.3) is 5.91 Å². The van der Waals surface area contributed by atoms with Gasteiger partial charge >= 0.3 is 5.72 Å². The van der Waals surface area contributed by atoms with Gasteiger partial charge in [0, 0.05) is 17.0 Å². The number of rotatable bonds is 1. The summed E-state index contributed by atoms with van der Waals surface area (Å²) >= 11 is 6.27. The van der Waals surface area contributed by atoms with Crippen LogP contribution in [0.1, 0.15) is 29.2 Å². The zero-order valence-corrected chi connectivity index (χ0v) is 16.4. The first-order valence-electron chi connectivity index (χ1n) is 9.58. The maximum atomic E-state index is 13.4. The molecule has 3 aromatic rings. The standard InChI is InChI=1S/C23H15ClFN3O2/c24-14-7-10-18-17(11-14)23(22(29)26-18)28-20(16-3-1-2-4-21(16)30-23)12-19(27-28)13-5-8-15(25)9-6-13/h1-11,20H,12H2,(H,26,29).